The number of hydrogen-bond donors (Lipinski definition) is 1. The van der Waals surface area contributed by atoms with Crippen LogP contribution in [0.4, 0.5) is 21.0 Å². The third-order valence-corrected chi connectivity index (χ3v) is 14.5. The number of Topliss-reactive ketones (excluding diaryl/α,β-unsaturated/α-hetero) is 2. The van der Waals surface area contributed by atoms with E-state index < -0.39 is 41.9 Å². The molecule has 4 aromatic carbocycles. The number of rotatable bonds is 21. The lowest BCUT2D eigenvalue weighted by atomic mass is 9.78. The van der Waals surface area contributed by atoms with Gasteiger partial charge in [-0.25, -0.2) is 9.59 Å². The first-order valence-electron chi connectivity index (χ1n) is 25.9. The van der Waals surface area contributed by atoms with Crippen LogP contribution >= 0.6 is 0 Å². The molecule has 0 spiro atoms. The van der Waals surface area contributed by atoms with Gasteiger partial charge in [-0.3, -0.25) is 29.5 Å². The molecule has 0 radical (unpaired) electrons. The molecular formula is C58H78N4O14. The minimum Gasteiger partial charge on any atom is -0.462 e. The smallest absolute Gasteiger partial charge is 0.411 e. The number of nitrogens with two attached hydrogens (primary N) is 1. The fourth-order valence-corrected chi connectivity index (χ4v) is 9.04. The molecular weight excluding hydrogens is 977 g/mol. The van der Waals surface area contributed by atoms with Gasteiger partial charge >= 0.3 is 17.9 Å². The van der Waals surface area contributed by atoms with Gasteiger partial charge in [-0.05, 0) is 105 Å². The van der Waals surface area contributed by atoms with E-state index in [0.717, 1.165) is 17.5 Å². The van der Waals surface area contributed by atoms with E-state index in [9.17, 15) is 29.3 Å². The summed E-state index contributed by atoms with van der Waals surface area (Å²) in [5, 5.41) is 11.8. The van der Waals surface area contributed by atoms with Gasteiger partial charge < -0.3 is 43.6 Å². The summed E-state index contributed by atoms with van der Waals surface area (Å²) >= 11 is 0. The van der Waals surface area contributed by atoms with Crippen LogP contribution in [-0.4, -0.2) is 103 Å². The number of anilines is 1. The van der Waals surface area contributed by atoms with Gasteiger partial charge in [0.15, 0.2) is 17.3 Å². The fourth-order valence-electron chi connectivity index (χ4n) is 9.04. The largest absolute Gasteiger partial charge is 0.462 e. The Kier molecular flexibility index (Phi) is 22.6. The fraction of sp³-hybridized carbons (Fsp3) is 0.517. The van der Waals surface area contributed by atoms with Crippen molar-refractivity contribution < 1.29 is 62.0 Å². The average Bonchev–Trinajstić information content (AvgIpc) is 3.39. The molecule has 2 aliphatic rings. The van der Waals surface area contributed by atoms with Crippen LogP contribution in [0.1, 0.15) is 91.5 Å². The molecule has 2 N–H and O–H groups in total. The summed E-state index contributed by atoms with van der Waals surface area (Å²) in [5.74, 6) is 0.823. The monoisotopic (exact) mass is 1050 g/mol. The molecule has 0 saturated carbocycles. The van der Waals surface area contributed by atoms with Crippen molar-refractivity contribution in [3.05, 3.63) is 129 Å². The lowest BCUT2D eigenvalue weighted by Crippen LogP contribution is -2.49. The van der Waals surface area contributed by atoms with Crippen molar-refractivity contribution in [1.29, 1.82) is 0 Å². The summed E-state index contributed by atoms with van der Waals surface area (Å²) in [5.41, 5.74) is 9.82. The number of benzene rings is 4. The van der Waals surface area contributed by atoms with Crippen molar-refractivity contribution in [3.8, 4) is 11.5 Å². The molecule has 6 rings (SSSR count). The summed E-state index contributed by atoms with van der Waals surface area (Å²) in [6.45, 7) is 19.1. The zero-order valence-corrected chi connectivity index (χ0v) is 46.0. The molecule has 0 aliphatic carbocycles. The standard InChI is InChI=1S/C29H38N2O8.C29H40N2O6/c1-18(14-23-10-8-7-9-11-23)37-17-30(6)29(33)36-16-24-12-13-26(25(15-24)31(34)35)38-28-21(4)19(2)20(3)27(39-28)22(5)32;1-18(14-23-10-8-7-9-11-23)35-17-31(6)29(33)34-16-24-12-13-26(25(30)15-24)36-28-21(4)19(2)20(3)27(37-28)22(5)32/h7-13,15,18-21,27-28H,14,16-17H2,1-6H3;7-13,15,18-21,27-28H,14,16-17,30H2,1-6H3/t2*18?,19-,20?,21-,27?,28?/m00/s1. The first-order valence-corrected chi connectivity index (χ1v) is 25.9. The van der Waals surface area contributed by atoms with Crippen molar-refractivity contribution in [2.24, 2.45) is 35.5 Å². The van der Waals surface area contributed by atoms with Gasteiger partial charge in [0.25, 0.3) is 0 Å². The lowest BCUT2D eigenvalue weighted by molar-refractivity contribution is -0.386. The maximum absolute atomic E-state index is 12.4. The molecule has 2 heterocycles. The average molecular weight is 1060 g/mol. The summed E-state index contributed by atoms with van der Waals surface area (Å²) in [4.78, 5) is 62.9. The maximum Gasteiger partial charge on any atom is 0.411 e. The molecule has 2 saturated heterocycles. The van der Waals surface area contributed by atoms with Crippen molar-refractivity contribution in [3.63, 3.8) is 0 Å². The van der Waals surface area contributed by atoms with E-state index >= 15 is 0 Å². The van der Waals surface area contributed by atoms with Crippen molar-refractivity contribution in [2.75, 3.05) is 33.3 Å². The first kappa shape index (κ1) is 60.3. The Balaban J connectivity index is 0.000000281. The van der Waals surface area contributed by atoms with E-state index in [0.29, 0.717) is 23.4 Å². The van der Waals surface area contributed by atoms with Gasteiger partial charge in [0.05, 0.1) is 22.8 Å². The van der Waals surface area contributed by atoms with Gasteiger partial charge in [0.1, 0.15) is 44.6 Å². The minimum atomic E-state index is -0.814. The molecule has 2 amide bonds. The van der Waals surface area contributed by atoms with Crippen LogP contribution in [-0.2, 0) is 64.1 Å². The van der Waals surface area contributed by atoms with Crippen molar-refractivity contribution in [1.82, 2.24) is 9.80 Å². The van der Waals surface area contributed by atoms with Crippen LogP contribution in [0.25, 0.3) is 0 Å². The van der Waals surface area contributed by atoms with Gasteiger partial charge in [-0.2, -0.15) is 0 Å². The molecule has 18 nitrogen and oxygen atoms in total. The lowest BCUT2D eigenvalue weighted by Gasteiger charge is -2.42. The Morgan fingerprint density at radius 3 is 1.37 bits per heavy atom. The topological polar surface area (TPSA) is 218 Å². The van der Waals surface area contributed by atoms with Crippen molar-refractivity contribution >= 4 is 35.1 Å². The number of ether oxygens (including phenoxy) is 8. The molecule has 12 atom stereocenters. The van der Waals surface area contributed by atoms with Gasteiger partial charge in [-0.1, -0.05) is 114 Å². The molecule has 76 heavy (non-hydrogen) atoms. The van der Waals surface area contributed by atoms with E-state index in [2.05, 4.69) is 13.8 Å². The third-order valence-electron chi connectivity index (χ3n) is 14.5. The third kappa shape index (κ3) is 17.2. The minimum absolute atomic E-state index is 0.00000250. The molecule has 2 fully saturated rings. The number of ketones is 2. The zero-order valence-electron chi connectivity index (χ0n) is 46.0. The molecule has 8 unspecified atom stereocenters. The maximum atomic E-state index is 12.4. The van der Waals surface area contributed by atoms with Gasteiger partial charge in [0.2, 0.25) is 12.6 Å². The number of nitro groups is 1. The van der Waals surface area contributed by atoms with Crippen LogP contribution in [0.3, 0.4) is 0 Å². The second-order valence-corrected chi connectivity index (χ2v) is 20.5. The second kappa shape index (κ2) is 28.5. The Morgan fingerprint density at radius 2 is 0.974 bits per heavy atom. The van der Waals surface area contributed by atoms with Gasteiger partial charge in [-0.15, -0.1) is 0 Å². The number of carbonyl (C=O) groups is 4. The molecule has 414 valence electrons. The van der Waals surface area contributed by atoms with E-state index in [4.69, 9.17) is 43.6 Å². The van der Waals surface area contributed by atoms with E-state index in [-0.39, 0.29) is 97.4 Å². The Labute approximate surface area is 447 Å². The summed E-state index contributed by atoms with van der Waals surface area (Å²) < 4.78 is 46.2. The van der Waals surface area contributed by atoms with Crippen LogP contribution in [0.2, 0.25) is 0 Å². The summed E-state index contributed by atoms with van der Waals surface area (Å²) in [6, 6.07) is 29.6. The quantitative estimate of drug-likeness (QED) is 0.0355. The number of nitrogens with zero attached hydrogens (tertiary/aromatic N) is 3. The molecule has 0 aromatic heterocycles. The highest BCUT2D eigenvalue weighted by Gasteiger charge is 2.44. The zero-order chi connectivity index (χ0) is 55.8. The molecule has 0 bridgehead atoms. The van der Waals surface area contributed by atoms with E-state index in [1.807, 2.05) is 102 Å². The number of amides is 2. The van der Waals surface area contributed by atoms with E-state index in [1.54, 1.807) is 45.3 Å². The Hall–Kier alpha value is -6.60. The Morgan fingerprint density at radius 1 is 0.579 bits per heavy atom. The van der Waals surface area contributed by atoms with Crippen LogP contribution in [0.15, 0.2) is 97.1 Å². The predicted octanol–water partition coefficient (Wildman–Crippen LogP) is 10.4. The normalized spacial score (nSPS) is 23.8. The van der Waals surface area contributed by atoms with E-state index in [1.165, 1.54) is 34.4 Å². The number of carbonyl (C=O) groups excluding carboxylic acids is 4. The summed E-state index contributed by atoms with van der Waals surface area (Å²) in [7, 11) is 3.18. The Bertz CT molecular complexity index is 2530. The van der Waals surface area contributed by atoms with Gasteiger partial charge in [0, 0.05) is 32.0 Å². The van der Waals surface area contributed by atoms with Crippen molar-refractivity contribution in [2.45, 2.75) is 132 Å². The number of nitrogen functional groups attached to an aromatic ring is 1. The molecule has 18 heteroatoms. The SMILES string of the molecule is CC(=O)C1OC(Oc2ccc(COC(=O)N(C)COC(C)Cc3ccccc3)cc2N)[C@@H](C)[C@@H](C)C1C.CC(=O)C1OC(Oc2ccc(COC(=O)N(C)COC(C)Cc3ccccc3)cc2[N+](=O)[O-])[C@@H](C)[C@@H](C)C1C. The molecule has 2 aliphatic heterocycles. The molecule has 4 aromatic rings. The van der Waals surface area contributed by atoms with Crippen LogP contribution < -0.4 is 15.2 Å². The highest BCUT2D eigenvalue weighted by atomic mass is 16.7. The highest BCUT2D eigenvalue weighted by Crippen LogP contribution is 2.40. The first-order chi connectivity index (χ1) is 36.0. The van der Waals surface area contributed by atoms with Crippen LogP contribution in [0, 0.1) is 45.6 Å². The second-order valence-electron chi connectivity index (χ2n) is 20.5. The van der Waals surface area contributed by atoms with Crippen LogP contribution in [0.5, 0.6) is 11.5 Å². The highest BCUT2D eigenvalue weighted by molar-refractivity contribution is 5.81. The number of hydrogen-bond acceptors (Lipinski definition) is 15. The summed E-state index contributed by atoms with van der Waals surface area (Å²) in [6.07, 6.45) is -2.33. The number of nitro benzene ring substituents is 1. The predicted molar refractivity (Wildman–Crippen MR) is 286 cm³/mol.